The summed E-state index contributed by atoms with van der Waals surface area (Å²) in [6.45, 7) is 4.02. The van der Waals surface area contributed by atoms with Gasteiger partial charge in [0, 0.05) is 18.0 Å². The minimum absolute atomic E-state index is 0.0224. The Morgan fingerprint density at radius 2 is 2.22 bits per heavy atom. The lowest BCUT2D eigenvalue weighted by Crippen LogP contribution is -2.27. The zero-order valence-corrected chi connectivity index (χ0v) is 10.9. The molecule has 0 saturated heterocycles. The minimum atomic E-state index is -0.317. The molecule has 0 spiro atoms. The van der Waals surface area contributed by atoms with Gasteiger partial charge in [0.15, 0.2) is 0 Å². The summed E-state index contributed by atoms with van der Waals surface area (Å²) in [5, 5.41) is 2.72. The molecule has 0 heterocycles. The van der Waals surface area contributed by atoms with Crippen LogP contribution in [-0.2, 0) is 4.79 Å². The van der Waals surface area contributed by atoms with Crippen molar-refractivity contribution < 1.29 is 13.9 Å². The molecule has 98 valence electrons. The summed E-state index contributed by atoms with van der Waals surface area (Å²) < 4.78 is 18.4. The molecule has 0 unspecified atom stereocenters. The van der Waals surface area contributed by atoms with Crippen LogP contribution < -0.4 is 10.1 Å². The van der Waals surface area contributed by atoms with Gasteiger partial charge >= 0.3 is 0 Å². The van der Waals surface area contributed by atoms with Crippen molar-refractivity contribution in [2.24, 2.45) is 5.92 Å². The molecule has 0 aliphatic rings. The first kappa shape index (κ1) is 14.2. The van der Waals surface area contributed by atoms with Crippen molar-refractivity contribution in [2.45, 2.75) is 13.8 Å². The number of amides is 1. The van der Waals surface area contributed by atoms with Crippen LogP contribution >= 0.6 is 0 Å². The lowest BCUT2D eigenvalue weighted by Gasteiger charge is -2.05. The molecular weight excluding hydrogens is 233 g/mol. The summed E-state index contributed by atoms with van der Waals surface area (Å²) in [7, 11) is 1.53. The molecule has 3 nitrogen and oxygen atoms in total. The number of ether oxygens (including phenoxy) is 1. The van der Waals surface area contributed by atoms with Crippen molar-refractivity contribution in [1.29, 1.82) is 0 Å². The Hall–Kier alpha value is -1.84. The van der Waals surface area contributed by atoms with Crippen LogP contribution in [0.1, 0.15) is 19.4 Å². The Balaban J connectivity index is 2.59. The van der Waals surface area contributed by atoms with E-state index in [1.165, 1.54) is 13.2 Å². The van der Waals surface area contributed by atoms with Crippen molar-refractivity contribution in [2.75, 3.05) is 13.7 Å². The van der Waals surface area contributed by atoms with Crippen LogP contribution in [0.4, 0.5) is 4.39 Å². The number of carbonyl (C=O) groups excluding carboxylic acids is 1. The van der Waals surface area contributed by atoms with Gasteiger partial charge in [-0.2, -0.15) is 0 Å². The van der Waals surface area contributed by atoms with Gasteiger partial charge in [0.2, 0.25) is 5.91 Å². The van der Waals surface area contributed by atoms with E-state index in [-0.39, 0.29) is 17.6 Å². The fourth-order valence-electron chi connectivity index (χ4n) is 1.33. The Morgan fingerprint density at radius 3 is 2.83 bits per heavy atom. The SMILES string of the molecule is COc1ccc(F)c(/C=C/CNC(=O)C(C)C)c1. The highest BCUT2D eigenvalue weighted by Gasteiger charge is 2.04. The van der Waals surface area contributed by atoms with E-state index in [9.17, 15) is 9.18 Å². The number of halogens is 1. The fourth-order valence-corrected chi connectivity index (χ4v) is 1.33. The van der Waals surface area contributed by atoms with Gasteiger partial charge in [-0.1, -0.05) is 26.0 Å². The molecule has 4 heteroatoms. The van der Waals surface area contributed by atoms with Crippen molar-refractivity contribution in [1.82, 2.24) is 5.32 Å². The highest BCUT2D eigenvalue weighted by Crippen LogP contribution is 2.17. The van der Waals surface area contributed by atoms with Gasteiger partial charge in [-0.3, -0.25) is 4.79 Å². The number of benzene rings is 1. The van der Waals surface area contributed by atoms with Gasteiger partial charge in [-0.25, -0.2) is 4.39 Å². The molecule has 0 fully saturated rings. The van der Waals surface area contributed by atoms with Crippen molar-refractivity contribution in [3.63, 3.8) is 0 Å². The normalized spacial score (nSPS) is 10.9. The maximum absolute atomic E-state index is 13.4. The van der Waals surface area contributed by atoms with Crippen molar-refractivity contribution in [3.8, 4) is 5.75 Å². The highest BCUT2D eigenvalue weighted by atomic mass is 19.1. The summed E-state index contributed by atoms with van der Waals surface area (Å²) >= 11 is 0. The summed E-state index contributed by atoms with van der Waals surface area (Å²) in [5.41, 5.74) is 0.438. The number of carbonyl (C=O) groups is 1. The molecule has 0 bridgehead atoms. The van der Waals surface area contributed by atoms with E-state index in [0.29, 0.717) is 17.9 Å². The first-order valence-electron chi connectivity index (χ1n) is 5.82. The number of rotatable bonds is 5. The van der Waals surface area contributed by atoms with Crippen LogP contribution in [0.5, 0.6) is 5.75 Å². The molecule has 1 aromatic rings. The molecule has 0 radical (unpaired) electrons. The Morgan fingerprint density at radius 1 is 1.50 bits per heavy atom. The van der Waals surface area contributed by atoms with Crippen LogP contribution in [0, 0.1) is 11.7 Å². The molecule has 0 aliphatic heterocycles. The van der Waals surface area contributed by atoms with Gasteiger partial charge in [-0.05, 0) is 18.2 Å². The van der Waals surface area contributed by atoms with Crippen LogP contribution in [0.25, 0.3) is 6.08 Å². The Labute approximate surface area is 107 Å². The van der Waals surface area contributed by atoms with Gasteiger partial charge in [0.1, 0.15) is 11.6 Å². The summed E-state index contributed by atoms with van der Waals surface area (Å²) in [4.78, 5) is 11.3. The van der Waals surface area contributed by atoms with Gasteiger partial charge < -0.3 is 10.1 Å². The predicted molar refractivity (Wildman–Crippen MR) is 69.8 cm³/mol. The minimum Gasteiger partial charge on any atom is -0.497 e. The molecule has 1 aromatic carbocycles. The molecular formula is C14H18FNO2. The summed E-state index contributed by atoms with van der Waals surface area (Å²) in [5.74, 6) is 0.210. The van der Waals surface area contributed by atoms with Crippen molar-refractivity contribution >= 4 is 12.0 Å². The van der Waals surface area contributed by atoms with E-state index in [4.69, 9.17) is 4.74 Å². The standard InChI is InChI=1S/C14H18FNO2/c1-10(2)14(17)16-8-4-5-11-9-12(18-3)6-7-13(11)15/h4-7,9-10H,8H2,1-3H3,(H,16,17)/b5-4+. The topological polar surface area (TPSA) is 38.3 Å². The average molecular weight is 251 g/mol. The summed E-state index contributed by atoms with van der Waals surface area (Å²) in [6, 6.07) is 4.52. The van der Waals surface area contributed by atoms with E-state index in [0.717, 1.165) is 0 Å². The predicted octanol–water partition coefficient (Wildman–Crippen LogP) is 2.62. The first-order valence-corrected chi connectivity index (χ1v) is 5.82. The number of nitrogens with one attached hydrogen (secondary N) is 1. The molecule has 0 atom stereocenters. The molecule has 0 saturated carbocycles. The second-order valence-corrected chi connectivity index (χ2v) is 4.19. The first-order chi connectivity index (χ1) is 8.54. The Bertz CT molecular complexity index is 441. The lowest BCUT2D eigenvalue weighted by molar-refractivity contribution is -0.123. The van der Waals surface area contributed by atoms with Crippen LogP contribution in [-0.4, -0.2) is 19.6 Å². The van der Waals surface area contributed by atoms with Crippen LogP contribution in [0.15, 0.2) is 24.3 Å². The van der Waals surface area contributed by atoms with Gasteiger partial charge in [-0.15, -0.1) is 0 Å². The van der Waals surface area contributed by atoms with E-state index in [1.54, 1.807) is 24.3 Å². The highest BCUT2D eigenvalue weighted by molar-refractivity contribution is 5.78. The number of hydrogen-bond donors (Lipinski definition) is 1. The van der Waals surface area contributed by atoms with E-state index >= 15 is 0 Å². The molecule has 1 rings (SSSR count). The number of methoxy groups -OCH3 is 1. The molecule has 0 aromatic heterocycles. The fraction of sp³-hybridized carbons (Fsp3) is 0.357. The average Bonchev–Trinajstić information content (AvgIpc) is 2.36. The molecule has 1 N–H and O–H groups in total. The second-order valence-electron chi connectivity index (χ2n) is 4.19. The molecule has 1 amide bonds. The van der Waals surface area contributed by atoms with E-state index in [2.05, 4.69) is 5.32 Å². The smallest absolute Gasteiger partial charge is 0.222 e. The summed E-state index contributed by atoms with van der Waals surface area (Å²) in [6.07, 6.45) is 3.33. The zero-order valence-electron chi connectivity index (χ0n) is 10.9. The monoisotopic (exact) mass is 251 g/mol. The van der Waals surface area contributed by atoms with Crippen molar-refractivity contribution in [3.05, 3.63) is 35.7 Å². The maximum atomic E-state index is 13.4. The maximum Gasteiger partial charge on any atom is 0.222 e. The van der Waals surface area contributed by atoms with E-state index in [1.807, 2.05) is 13.8 Å². The lowest BCUT2D eigenvalue weighted by atomic mass is 10.2. The third-order valence-corrected chi connectivity index (χ3v) is 2.42. The van der Waals surface area contributed by atoms with Gasteiger partial charge in [0.05, 0.1) is 7.11 Å². The molecule has 0 aliphatic carbocycles. The zero-order chi connectivity index (χ0) is 13.5. The van der Waals surface area contributed by atoms with Crippen LogP contribution in [0.3, 0.4) is 0 Å². The quantitative estimate of drug-likeness (QED) is 0.873. The Kier molecular flexibility index (Phi) is 5.36. The van der Waals surface area contributed by atoms with Crippen LogP contribution in [0.2, 0.25) is 0 Å². The second kappa shape index (κ2) is 6.79. The van der Waals surface area contributed by atoms with E-state index < -0.39 is 0 Å². The number of hydrogen-bond acceptors (Lipinski definition) is 2. The molecule has 18 heavy (non-hydrogen) atoms. The van der Waals surface area contributed by atoms with Gasteiger partial charge in [0.25, 0.3) is 0 Å². The third kappa shape index (κ3) is 4.20. The third-order valence-electron chi connectivity index (χ3n) is 2.42. The largest absolute Gasteiger partial charge is 0.497 e.